The van der Waals surface area contributed by atoms with Gasteiger partial charge in [-0.25, -0.2) is 4.39 Å². The Balaban J connectivity index is 3.17. The molecule has 1 aromatic rings. The average molecular weight is 206 g/mol. The number of benzene rings is 1. The lowest BCUT2D eigenvalue weighted by Crippen LogP contribution is -2.05. The molecule has 0 fully saturated rings. The molecule has 1 atom stereocenters. The average Bonchev–Trinajstić information content (AvgIpc) is 2.02. The summed E-state index contributed by atoms with van der Waals surface area (Å²) in [5.74, 6) is -0.712. The van der Waals surface area contributed by atoms with Crippen LogP contribution in [0, 0.1) is 5.82 Å². The molecule has 1 aromatic carbocycles. The topological polar surface area (TPSA) is 34.1 Å². The second-order valence-corrected chi connectivity index (χ2v) is 4.30. The van der Waals surface area contributed by atoms with Crippen LogP contribution in [0.4, 0.5) is 8.28 Å². The van der Waals surface area contributed by atoms with Gasteiger partial charge in [-0.05, 0) is 13.0 Å². The molecular weight excluding hydrogens is 198 g/mol. The van der Waals surface area contributed by atoms with Crippen molar-refractivity contribution in [2.75, 3.05) is 0 Å². The lowest BCUT2D eigenvalue weighted by atomic mass is 10.1. The molecule has 0 radical (unpaired) electrons. The number of halogens is 2. The van der Waals surface area contributed by atoms with Crippen molar-refractivity contribution in [2.24, 2.45) is 0 Å². The van der Waals surface area contributed by atoms with Crippen molar-refractivity contribution in [2.45, 2.75) is 12.2 Å². The van der Waals surface area contributed by atoms with Crippen molar-refractivity contribution >= 4 is 10.2 Å². The van der Waals surface area contributed by atoms with Crippen LogP contribution in [0.25, 0.3) is 0 Å². The molecule has 0 bridgehead atoms. The zero-order valence-corrected chi connectivity index (χ0v) is 7.68. The van der Waals surface area contributed by atoms with Crippen molar-refractivity contribution in [3.63, 3.8) is 0 Å². The highest BCUT2D eigenvalue weighted by Gasteiger charge is 2.23. The predicted molar refractivity (Wildman–Crippen MR) is 44.8 cm³/mol. The van der Waals surface area contributed by atoms with Crippen molar-refractivity contribution in [1.29, 1.82) is 0 Å². The fourth-order valence-electron chi connectivity index (χ4n) is 0.956. The summed E-state index contributed by atoms with van der Waals surface area (Å²) < 4.78 is 46.3. The van der Waals surface area contributed by atoms with Gasteiger partial charge in [-0.3, -0.25) is 0 Å². The second-order valence-electron chi connectivity index (χ2n) is 2.64. The van der Waals surface area contributed by atoms with Gasteiger partial charge >= 0.3 is 10.2 Å². The summed E-state index contributed by atoms with van der Waals surface area (Å²) in [5.41, 5.74) is -0.148. The Morgan fingerprint density at radius 1 is 1.31 bits per heavy atom. The van der Waals surface area contributed by atoms with E-state index in [1.165, 1.54) is 18.2 Å². The largest absolute Gasteiger partial charge is 0.309 e. The smallest absolute Gasteiger partial charge is 0.207 e. The van der Waals surface area contributed by atoms with Crippen LogP contribution in [0.5, 0.6) is 0 Å². The molecule has 0 saturated carbocycles. The first kappa shape index (κ1) is 10.1. The first-order chi connectivity index (χ1) is 5.93. The van der Waals surface area contributed by atoms with Crippen LogP contribution in [0.3, 0.4) is 0 Å². The molecule has 0 spiro atoms. The summed E-state index contributed by atoms with van der Waals surface area (Å²) in [4.78, 5) is 0. The van der Waals surface area contributed by atoms with E-state index in [0.717, 1.165) is 13.0 Å². The Bertz CT molecular complexity index is 400. The van der Waals surface area contributed by atoms with Crippen molar-refractivity contribution < 1.29 is 16.7 Å². The molecule has 0 amide bonds. The standard InChI is InChI=1S/C8H8F2O2S/c1-6(13(10,11)12)7-4-2-3-5-8(7)9/h2-6H,1H3. The lowest BCUT2D eigenvalue weighted by molar-refractivity contribution is 0.534. The van der Waals surface area contributed by atoms with E-state index in [0.29, 0.717) is 0 Å². The Morgan fingerprint density at radius 2 is 1.85 bits per heavy atom. The number of rotatable bonds is 2. The maximum Gasteiger partial charge on any atom is 0.309 e. The second kappa shape index (κ2) is 3.41. The van der Waals surface area contributed by atoms with E-state index in [-0.39, 0.29) is 5.56 Å². The van der Waals surface area contributed by atoms with Gasteiger partial charge in [-0.1, -0.05) is 18.2 Å². The summed E-state index contributed by atoms with van der Waals surface area (Å²) >= 11 is 0. The first-order valence-electron chi connectivity index (χ1n) is 3.61. The molecule has 0 aliphatic carbocycles. The molecule has 1 unspecified atom stereocenters. The van der Waals surface area contributed by atoms with E-state index in [2.05, 4.69) is 0 Å². The highest BCUT2D eigenvalue weighted by Crippen LogP contribution is 2.24. The van der Waals surface area contributed by atoms with Crippen LogP contribution in [0.1, 0.15) is 17.7 Å². The van der Waals surface area contributed by atoms with Crippen molar-refractivity contribution in [3.8, 4) is 0 Å². The van der Waals surface area contributed by atoms with Gasteiger partial charge in [0, 0.05) is 5.56 Å². The van der Waals surface area contributed by atoms with E-state index in [1.54, 1.807) is 0 Å². The highest BCUT2D eigenvalue weighted by molar-refractivity contribution is 7.86. The molecule has 0 aliphatic heterocycles. The van der Waals surface area contributed by atoms with E-state index < -0.39 is 21.3 Å². The van der Waals surface area contributed by atoms with Gasteiger partial charge in [0.1, 0.15) is 11.1 Å². The third-order valence-corrected chi connectivity index (χ3v) is 2.86. The summed E-state index contributed by atoms with van der Waals surface area (Å²) in [5, 5.41) is -1.45. The van der Waals surface area contributed by atoms with Crippen LogP contribution in [0.15, 0.2) is 24.3 Å². The minimum absolute atomic E-state index is 0.148. The van der Waals surface area contributed by atoms with Crippen LogP contribution in [0.2, 0.25) is 0 Å². The van der Waals surface area contributed by atoms with Gasteiger partial charge in [0.25, 0.3) is 0 Å². The van der Waals surface area contributed by atoms with Gasteiger partial charge < -0.3 is 0 Å². The third kappa shape index (κ3) is 2.24. The zero-order chi connectivity index (χ0) is 10.1. The molecular formula is C8H8F2O2S. The predicted octanol–water partition coefficient (Wildman–Crippen LogP) is 2.19. The fraction of sp³-hybridized carbons (Fsp3) is 0.250. The van der Waals surface area contributed by atoms with Crippen molar-refractivity contribution in [1.82, 2.24) is 0 Å². The van der Waals surface area contributed by atoms with Crippen molar-refractivity contribution in [3.05, 3.63) is 35.6 Å². The maximum absolute atomic E-state index is 12.9. The van der Waals surface area contributed by atoms with Crippen LogP contribution in [-0.2, 0) is 10.2 Å². The molecule has 0 N–H and O–H groups in total. The SMILES string of the molecule is CC(c1ccccc1F)S(=O)(=O)F. The Morgan fingerprint density at radius 3 is 2.31 bits per heavy atom. The summed E-state index contributed by atoms with van der Waals surface area (Å²) in [6.07, 6.45) is 0. The third-order valence-electron chi connectivity index (χ3n) is 1.77. The fourth-order valence-corrected chi connectivity index (χ4v) is 1.45. The van der Waals surface area contributed by atoms with E-state index in [1.807, 2.05) is 0 Å². The molecule has 2 nitrogen and oxygen atoms in total. The quantitative estimate of drug-likeness (QED) is 0.695. The molecule has 13 heavy (non-hydrogen) atoms. The zero-order valence-electron chi connectivity index (χ0n) is 6.87. The van der Waals surface area contributed by atoms with Crippen LogP contribution < -0.4 is 0 Å². The molecule has 0 heterocycles. The maximum atomic E-state index is 12.9. The monoisotopic (exact) mass is 206 g/mol. The van der Waals surface area contributed by atoms with Crippen LogP contribution >= 0.6 is 0 Å². The molecule has 0 saturated heterocycles. The number of hydrogen-bond donors (Lipinski definition) is 0. The minimum Gasteiger partial charge on any atom is -0.207 e. The van der Waals surface area contributed by atoms with E-state index in [9.17, 15) is 16.7 Å². The molecule has 72 valence electrons. The number of hydrogen-bond acceptors (Lipinski definition) is 2. The molecule has 0 aliphatic rings. The highest BCUT2D eigenvalue weighted by atomic mass is 32.3. The van der Waals surface area contributed by atoms with Gasteiger partial charge in [0.05, 0.1) is 0 Å². The van der Waals surface area contributed by atoms with Crippen LogP contribution in [-0.4, -0.2) is 8.42 Å². The Labute approximate surface area is 75.4 Å². The first-order valence-corrected chi connectivity index (χ1v) is 5.05. The van der Waals surface area contributed by atoms with Gasteiger partial charge in [-0.2, -0.15) is 8.42 Å². The summed E-state index contributed by atoms with van der Waals surface area (Å²) in [6, 6.07) is 5.21. The normalized spacial score (nSPS) is 14.1. The van der Waals surface area contributed by atoms with Gasteiger partial charge in [-0.15, -0.1) is 3.89 Å². The van der Waals surface area contributed by atoms with Gasteiger partial charge in [0.15, 0.2) is 0 Å². The summed E-state index contributed by atoms with van der Waals surface area (Å²) in [7, 11) is -4.72. The van der Waals surface area contributed by atoms with Gasteiger partial charge in [0.2, 0.25) is 0 Å². The Kier molecular flexibility index (Phi) is 2.66. The minimum atomic E-state index is -4.72. The lowest BCUT2D eigenvalue weighted by Gasteiger charge is -2.07. The van der Waals surface area contributed by atoms with E-state index >= 15 is 0 Å². The summed E-state index contributed by atoms with van der Waals surface area (Å²) in [6.45, 7) is 1.10. The molecule has 0 aromatic heterocycles. The van der Waals surface area contributed by atoms with E-state index in [4.69, 9.17) is 0 Å². The molecule has 5 heteroatoms. The molecule has 1 rings (SSSR count). The Hall–Kier alpha value is -0.970.